The van der Waals surface area contributed by atoms with Crippen molar-refractivity contribution in [1.29, 1.82) is 0 Å². The van der Waals surface area contributed by atoms with Crippen molar-refractivity contribution in [2.24, 2.45) is 11.1 Å². The average molecular weight is 232 g/mol. The summed E-state index contributed by atoms with van der Waals surface area (Å²) in [7, 11) is 0. The highest BCUT2D eigenvalue weighted by atomic mass is 16.2. The van der Waals surface area contributed by atoms with E-state index in [0.717, 1.165) is 12.8 Å². The lowest BCUT2D eigenvalue weighted by atomic mass is 10.0. The van der Waals surface area contributed by atoms with E-state index in [4.69, 9.17) is 5.73 Å². The fourth-order valence-corrected chi connectivity index (χ4v) is 2.03. The molecule has 3 N–H and O–H groups in total. The zero-order valence-corrected chi connectivity index (χ0v) is 10.5. The van der Waals surface area contributed by atoms with Crippen LogP contribution in [0, 0.1) is 19.3 Å². The van der Waals surface area contributed by atoms with Gasteiger partial charge in [-0.1, -0.05) is 23.8 Å². The molecule has 3 heteroatoms. The molecular formula is C14H20N2O. The molecule has 2 rings (SSSR count). The summed E-state index contributed by atoms with van der Waals surface area (Å²) < 4.78 is 0. The molecule has 1 saturated carbocycles. The number of nitrogens with one attached hydrogen (secondary N) is 1. The molecule has 0 bridgehead atoms. The van der Waals surface area contributed by atoms with Crippen LogP contribution in [0.4, 0.5) is 0 Å². The van der Waals surface area contributed by atoms with Crippen molar-refractivity contribution in [2.45, 2.75) is 33.2 Å². The largest absolute Gasteiger partial charge is 0.351 e. The summed E-state index contributed by atoms with van der Waals surface area (Å²) in [6, 6.07) is 6.30. The van der Waals surface area contributed by atoms with E-state index in [1.807, 2.05) is 0 Å². The lowest BCUT2D eigenvalue weighted by molar-refractivity contribution is -0.126. The predicted octanol–water partition coefficient (Wildman–Crippen LogP) is 1.66. The first-order chi connectivity index (χ1) is 8.07. The molecule has 0 saturated heterocycles. The Balaban J connectivity index is 1.98. The number of aryl methyl sites for hydroxylation is 2. The zero-order valence-electron chi connectivity index (χ0n) is 10.5. The third-order valence-corrected chi connectivity index (χ3v) is 3.67. The molecule has 1 fully saturated rings. The Bertz CT molecular complexity index is 436. The number of amides is 1. The fourth-order valence-electron chi connectivity index (χ4n) is 2.03. The van der Waals surface area contributed by atoms with Gasteiger partial charge < -0.3 is 11.1 Å². The highest BCUT2D eigenvalue weighted by molar-refractivity contribution is 5.85. The van der Waals surface area contributed by atoms with Crippen LogP contribution in [-0.4, -0.2) is 12.5 Å². The summed E-state index contributed by atoms with van der Waals surface area (Å²) in [5, 5.41) is 3.00. The van der Waals surface area contributed by atoms with Crippen LogP contribution >= 0.6 is 0 Å². The molecule has 0 aliphatic heterocycles. The normalized spacial score (nSPS) is 16.6. The summed E-state index contributed by atoms with van der Waals surface area (Å²) in [4.78, 5) is 11.9. The minimum Gasteiger partial charge on any atom is -0.351 e. The molecule has 1 aliphatic rings. The Morgan fingerprint density at radius 3 is 2.71 bits per heavy atom. The third-order valence-electron chi connectivity index (χ3n) is 3.67. The van der Waals surface area contributed by atoms with E-state index >= 15 is 0 Å². The number of hydrogen-bond acceptors (Lipinski definition) is 2. The molecule has 1 aromatic carbocycles. The van der Waals surface area contributed by atoms with Gasteiger partial charge in [0.25, 0.3) is 0 Å². The SMILES string of the molecule is Cc1ccc(C)c(CNC(=O)C2(CN)CC2)c1. The van der Waals surface area contributed by atoms with Crippen LogP contribution in [0.5, 0.6) is 0 Å². The summed E-state index contributed by atoms with van der Waals surface area (Å²) in [6.07, 6.45) is 1.87. The van der Waals surface area contributed by atoms with Crippen molar-refractivity contribution in [3.8, 4) is 0 Å². The predicted molar refractivity (Wildman–Crippen MR) is 68.5 cm³/mol. The molecule has 1 aliphatic carbocycles. The molecule has 1 amide bonds. The minimum absolute atomic E-state index is 0.112. The Labute approximate surface area is 102 Å². The van der Waals surface area contributed by atoms with E-state index < -0.39 is 0 Å². The first-order valence-electron chi connectivity index (χ1n) is 6.12. The topological polar surface area (TPSA) is 55.1 Å². The zero-order chi connectivity index (χ0) is 12.5. The van der Waals surface area contributed by atoms with E-state index in [1.165, 1.54) is 16.7 Å². The van der Waals surface area contributed by atoms with E-state index in [0.29, 0.717) is 13.1 Å². The van der Waals surface area contributed by atoms with E-state index in [1.54, 1.807) is 0 Å². The number of rotatable bonds is 4. The van der Waals surface area contributed by atoms with Gasteiger partial charge in [0, 0.05) is 13.1 Å². The van der Waals surface area contributed by atoms with Gasteiger partial charge in [-0.15, -0.1) is 0 Å². The van der Waals surface area contributed by atoms with Crippen molar-refractivity contribution in [1.82, 2.24) is 5.32 Å². The molecule has 0 atom stereocenters. The molecular weight excluding hydrogens is 212 g/mol. The van der Waals surface area contributed by atoms with Gasteiger partial charge in [0.05, 0.1) is 5.41 Å². The molecule has 17 heavy (non-hydrogen) atoms. The summed E-state index contributed by atoms with van der Waals surface area (Å²) >= 11 is 0. The summed E-state index contributed by atoms with van der Waals surface area (Å²) in [5.41, 5.74) is 9.00. The van der Waals surface area contributed by atoms with Gasteiger partial charge in [-0.05, 0) is 37.8 Å². The number of carbonyl (C=O) groups is 1. The molecule has 0 heterocycles. The maximum Gasteiger partial charge on any atom is 0.227 e. The van der Waals surface area contributed by atoms with E-state index in [-0.39, 0.29) is 11.3 Å². The summed E-state index contributed by atoms with van der Waals surface area (Å²) in [5.74, 6) is 0.112. The Hall–Kier alpha value is -1.35. The second-order valence-corrected chi connectivity index (χ2v) is 5.10. The van der Waals surface area contributed by atoms with Crippen molar-refractivity contribution in [3.63, 3.8) is 0 Å². The second kappa shape index (κ2) is 4.49. The van der Waals surface area contributed by atoms with Crippen molar-refractivity contribution < 1.29 is 4.79 Å². The monoisotopic (exact) mass is 232 g/mol. The Morgan fingerprint density at radius 1 is 1.41 bits per heavy atom. The van der Waals surface area contributed by atoms with Crippen molar-refractivity contribution in [3.05, 3.63) is 34.9 Å². The van der Waals surface area contributed by atoms with Crippen LogP contribution in [0.25, 0.3) is 0 Å². The maximum atomic E-state index is 11.9. The maximum absolute atomic E-state index is 11.9. The van der Waals surface area contributed by atoms with Gasteiger partial charge in [-0.25, -0.2) is 0 Å². The Morgan fingerprint density at radius 2 is 2.12 bits per heavy atom. The molecule has 1 aromatic rings. The van der Waals surface area contributed by atoms with Crippen LogP contribution in [0.1, 0.15) is 29.5 Å². The standard InChI is InChI=1S/C14H20N2O/c1-10-3-4-11(2)12(7-10)8-16-13(17)14(9-15)5-6-14/h3-4,7H,5-6,8-9,15H2,1-2H3,(H,16,17). The molecule has 3 nitrogen and oxygen atoms in total. The van der Waals surface area contributed by atoms with Crippen molar-refractivity contribution in [2.75, 3.05) is 6.54 Å². The second-order valence-electron chi connectivity index (χ2n) is 5.10. The number of nitrogens with two attached hydrogens (primary N) is 1. The van der Waals surface area contributed by atoms with Crippen LogP contribution < -0.4 is 11.1 Å². The number of carbonyl (C=O) groups excluding carboxylic acids is 1. The highest BCUT2D eigenvalue weighted by Crippen LogP contribution is 2.44. The minimum atomic E-state index is -0.252. The third kappa shape index (κ3) is 2.50. The molecule has 0 aromatic heterocycles. The molecule has 0 radical (unpaired) electrons. The smallest absolute Gasteiger partial charge is 0.227 e. The summed E-state index contributed by atoms with van der Waals surface area (Å²) in [6.45, 7) is 5.20. The van der Waals surface area contributed by atoms with Crippen LogP contribution in [0.3, 0.4) is 0 Å². The van der Waals surface area contributed by atoms with Gasteiger partial charge in [0.15, 0.2) is 0 Å². The van der Waals surface area contributed by atoms with Gasteiger partial charge in [-0.2, -0.15) is 0 Å². The van der Waals surface area contributed by atoms with Gasteiger partial charge in [0.1, 0.15) is 0 Å². The van der Waals surface area contributed by atoms with E-state index in [2.05, 4.69) is 37.4 Å². The first kappa shape index (κ1) is 12.1. The molecule has 0 unspecified atom stereocenters. The van der Waals surface area contributed by atoms with Crippen LogP contribution in [0.15, 0.2) is 18.2 Å². The number of benzene rings is 1. The Kier molecular flexibility index (Phi) is 3.20. The number of hydrogen-bond donors (Lipinski definition) is 2. The quantitative estimate of drug-likeness (QED) is 0.829. The van der Waals surface area contributed by atoms with Gasteiger partial charge in [0.2, 0.25) is 5.91 Å². The molecule has 0 spiro atoms. The molecule has 92 valence electrons. The lowest BCUT2D eigenvalue weighted by Crippen LogP contribution is -2.36. The average Bonchev–Trinajstić information content (AvgIpc) is 3.11. The van der Waals surface area contributed by atoms with Crippen LogP contribution in [0.2, 0.25) is 0 Å². The fraction of sp³-hybridized carbons (Fsp3) is 0.500. The highest BCUT2D eigenvalue weighted by Gasteiger charge is 2.48. The first-order valence-corrected chi connectivity index (χ1v) is 6.12. The van der Waals surface area contributed by atoms with Crippen molar-refractivity contribution >= 4 is 5.91 Å². The lowest BCUT2D eigenvalue weighted by Gasteiger charge is -2.14. The van der Waals surface area contributed by atoms with Gasteiger partial charge in [-0.3, -0.25) is 4.79 Å². The van der Waals surface area contributed by atoms with E-state index in [9.17, 15) is 4.79 Å². The van der Waals surface area contributed by atoms with Crippen LogP contribution in [-0.2, 0) is 11.3 Å². The van der Waals surface area contributed by atoms with Gasteiger partial charge >= 0.3 is 0 Å².